The fraction of sp³-hybridized carbons (Fsp3) is 0.100. The van der Waals surface area contributed by atoms with Gasteiger partial charge in [-0.15, -0.1) is 24.0 Å². The Morgan fingerprint density at radius 2 is 2.14 bits per heavy atom. The smallest absolute Gasteiger partial charge is 0.345 e. The van der Waals surface area contributed by atoms with E-state index in [0.717, 1.165) is 20.5 Å². The number of aryl methyl sites for hydroxylation is 1. The first-order valence-electron chi connectivity index (χ1n) is 4.04. The van der Waals surface area contributed by atoms with E-state index in [9.17, 15) is 4.79 Å². The fourth-order valence-electron chi connectivity index (χ4n) is 1.28. The highest BCUT2D eigenvalue weighted by molar-refractivity contribution is 7.80. The van der Waals surface area contributed by atoms with Crippen LogP contribution >= 0.6 is 24.0 Å². The van der Waals surface area contributed by atoms with Crippen LogP contribution in [0, 0.1) is 6.92 Å². The summed E-state index contributed by atoms with van der Waals surface area (Å²) in [6.45, 7) is 1.96. The predicted molar refractivity (Wildman–Crippen MR) is 60.8 cm³/mol. The Labute approximate surface area is 90.6 Å². The van der Waals surface area contributed by atoms with E-state index in [2.05, 4.69) is 12.6 Å². The quantitative estimate of drug-likeness (QED) is 0.730. The van der Waals surface area contributed by atoms with E-state index in [4.69, 9.17) is 5.11 Å². The first-order valence-corrected chi connectivity index (χ1v) is 5.31. The lowest BCUT2D eigenvalue weighted by molar-refractivity contribution is 0.0702. The van der Waals surface area contributed by atoms with Crippen molar-refractivity contribution in [3.8, 4) is 0 Å². The number of thiophene rings is 1. The molecule has 1 N–H and O–H groups in total. The third-order valence-electron chi connectivity index (χ3n) is 2.05. The number of aromatic carboxylic acids is 1. The van der Waals surface area contributed by atoms with E-state index in [1.807, 2.05) is 19.1 Å². The van der Waals surface area contributed by atoms with Crippen molar-refractivity contribution in [2.45, 2.75) is 11.8 Å². The molecule has 72 valence electrons. The molecule has 0 radical (unpaired) electrons. The Kier molecular flexibility index (Phi) is 2.25. The lowest BCUT2D eigenvalue weighted by atomic mass is 10.2. The van der Waals surface area contributed by atoms with Gasteiger partial charge in [0.25, 0.3) is 0 Å². The molecule has 0 fully saturated rings. The zero-order chi connectivity index (χ0) is 10.3. The lowest BCUT2D eigenvalue weighted by Gasteiger charge is -1.97. The largest absolute Gasteiger partial charge is 0.477 e. The van der Waals surface area contributed by atoms with Crippen molar-refractivity contribution in [3.05, 3.63) is 28.6 Å². The number of fused-ring (bicyclic) bond motifs is 1. The second-order valence-electron chi connectivity index (χ2n) is 3.09. The summed E-state index contributed by atoms with van der Waals surface area (Å²) in [5.74, 6) is -0.871. The van der Waals surface area contributed by atoms with Gasteiger partial charge in [-0.2, -0.15) is 0 Å². The van der Waals surface area contributed by atoms with Gasteiger partial charge in [-0.05, 0) is 36.1 Å². The molecule has 4 heteroatoms. The minimum absolute atomic E-state index is 0.373. The molecule has 1 aromatic heterocycles. The third-order valence-corrected chi connectivity index (χ3v) is 3.61. The van der Waals surface area contributed by atoms with Crippen LogP contribution in [0.2, 0.25) is 0 Å². The number of hydrogen-bond acceptors (Lipinski definition) is 3. The van der Waals surface area contributed by atoms with Gasteiger partial charge < -0.3 is 5.11 Å². The van der Waals surface area contributed by atoms with Crippen molar-refractivity contribution in [2.75, 3.05) is 0 Å². The van der Waals surface area contributed by atoms with Gasteiger partial charge >= 0.3 is 5.97 Å². The first-order chi connectivity index (χ1) is 6.58. The minimum Gasteiger partial charge on any atom is -0.477 e. The summed E-state index contributed by atoms with van der Waals surface area (Å²) in [6.07, 6.45) is 0. The third kappa shape index (κ3) is 1.51. The summed E-state index contributed by atoms with van der Waals surface area (Å²) in [4.78, 5) is 12.0. The molecule has 2 nitrogen and oxygen atoms in total. The number of carboxylic acids is 1. The maximum Gasteiger partial charge on any atom is 0.345 e. The van der Waals surface area contributed by atoms with Gasteiger partial charge in [0.05, 0.1) is 0 Å². The van der Waals surface area contributed by atoms with Crippen molar-refractivity contribution in [1.82, 2.24) is 0 Å². The van der Waals surface area contributed by atoms with E-state index in [-0.39, 0.29) is 0 Å². The maximum atomic E-state index is 10.7. The Balaban J connectivity index is 2.72. The molecule has 0 saturated heterocycles. The first kappa shape index (κ1) is 9.55. The molecular weight excluding hydrogens is 216 g/mol. The van der Waals surface area contributed by atoms with Gasteiger partial charge in [-0.1, -0.05) is 0 Å². The summed E-state index contributed by atoms with van der Waals surface area (Å²) in [6, 6.07) is 5.55. The average Bonchev–Trinajstić information content (AvgIpc) is 2.48. The maximum absolute atomic E-state index is 10.7. The second-order valence-corrected chi connectivity index (χ2v) is 4.66. The van der Waals surface area contributed by atoms with Crippen LogP contribution in [0.5, 0.6) is 0 Å². The molecule has 0 amide bonds. The van der Waals surface area contributed by atoms with E-state index < -0.39 is 5.97 Å². The van der Waals surface area contributed by atoms with Crippen molar-refractivity contribution < 1.29 is 9.90 Å². The number of thiol groups is 1. The summed E-state index contributed by atoms with van der Waals surface area (Å²) in [5.41, 5.74) is 1.07. The normalized spacial score (nSPS) is 10.7. The van der Waals surface area contributed by atoms with E-state index in [1.165, 1.54) is 11.3 Å². The standard InChI is InChI=1S/C10H8O2S2/c1-5-2-8-6(3-7(5)13)4-9(14-8)10(11)12/h2-4,13H,1H3,(H,11,12). The molecule has 0 aliphatic rings. The van der Waals surface area contributed by atoms with Crippen LogP contribution in [0.15, 0.2) is 23.1 Å². The summed E-state index contributed by atoms with van der Waals surface area (Å²) in [7, 11) is 0. The van der Waals surface area contributed by atoms with Gasteiger partial charge in [0, 0.05) is 9.60 Å². The molecule has 2 rings (SSSR count). The highest BCUT2D eigenvalue weighted by Crippen LogP contribution is 2.29. The molecule has 0 saturated carbocycles. The minimum atomic E-state index is -0.871. The van der Waals surface area contributed by atoms with Crippen LogP contribution in [-0.4, -0.2) is 11.1 Å². The van der Waals surface area contributed by atoms with Gasteiger partial charge in [-0.3, -0.25) is 0 Å². The van der Waals surface area contributed by atoms with Crippen molar-refractivity contribution in [3.63, 3.8) is 0 Å². The lowest BCUT2D eigenvalue weighted by Crippen LogP contribution is -1.89. The number of hydrogen-bond donors (Lipinski definition) is 2. The molecule has 1 heterocycles. The van der Waals surface area contributed by atoms with E-state index >= 15 is 0 Å². The van der Waals surface area contributed by atoms with Crippen LogP contribution in [0.3, 0.4) is 0 Å². The molecule has 0 aliphatic carbocycles. The number of carboxylic acid groups (broad SMARTS) is 1. The Hall–Kier alpha value is -1.00. The monoisotopic (exact) mass is 224 g/mol. The Bertz CT molecular complexity index is 475. The predicted octanol–water partition coefficient (Wildman–Crippen LogP) is 3.20. The van der Waals surface area contributed by atoms with Crippen molar-refractivity contribution in [2.24, 2.45) is 0 Å². The van der Waals surface area contributed by atoms with E-state index in [1.54, 1.807) is 6.07 Å². The van der Waals surface area contributed by atoms with Gasteiger partial charge in [-0.25, -0.2) is 4.79 Å². The number of rotatable bonds is 1. The van der Waals surface area contributed by atoms with Gasteiger partial charge in [0.15, 0.2) is 0 Å². The molecule has 0 bridgehead atoms. The topological polar surface area (TPSA) is 37.3 Å². The number of benzene rings is 1. The summed E-state index contributed by atoms with van der Waals surface area (Å²) < 4.78 is 0.998. The van der Waals surface area contributed by atoms with Crippen LogP contribution in [0.4, 0.5) is 0 Å². The Morgan fingerprint density at radius 3 is 2.79 bits per heavy atom. The Morgan fingerprint density at radius 1 is 1.43 bits per heavy atom. The van der Waals surface area contributed by atoms with Crippen LogP contribution in [0.25, 0.3) is 10.1 Å². The second kappa shape index (κ2) is 3.29. The summed E-state index contributed by atoms with van der Waals surface area (Å²) in [5, 5.41) is 9.76. The van der Waals surface area contributed by atoms with Crippen LogP contribution in [0.1, 0.15) is 15.2 Å². The molecule has 0 spiro atoms. The van der Waals surface area contributed by atoms with Gasteiger partial charge in [0.1, 0.15) is 4.88 Å². The molecule has 0 aliphatic heterocycles. The van der Waals surface area contributed by atoms with Crippen molar-refractivity contribution >= 4 is 40.0 Å². The van der Waals surface area contributed by atoms with Crippen LogP contribution in [-0.2, 0) is 0 Å². The number of carbonyl (C=O) groups is 1. The molecule has 0 atom stereocenters. The highest BCUT2D eigenvalue weighted by Gasteiger charge is 2.08. The molecule has 0 unspecified atom stereocenters. The van der Waals surface area contributed by atoms with Gasteiger partial charge in [0.2, 0.25) is 0 Å². The SMILES string of the molecule is Cc1cc2sc(C(=O)O)cc2cc1S. The van der Waals surface area contributed by atoms with Crippen molar-refractivity contribution in [1.29, 1.82) is 0 Å². The molecule has 2 aromatic rings. The fourth-order valence-corrected chi connectivity index (χ4v) is 2.47. The van der Waals surface area contributed by atoms with E-state index in [0.29, 0.717) is 4.88 Å². The average molecular weight is 224 g/mol. The zero-order valence-electron chi connectivity index (χ0n) is 7.44. The summed E-state index contributed by atoms with van der Waals surface area (Å²) >= 11 is 5.59. The highest BCUT2D eigenvalue weighted by atomic mass is 32.1. The molecule has 1 aromatic carbocycles. The molecule has 14 heavy (non-hydrogen) atoms. The zero-order valence-corrected chi connectivity index (χ0v) is 9.15. The molecular formula is C10H8O2S2. The van der Waals surface area contributed by atoms with Crippen LogP contribution < -0.4 is 0 Å².